The van der Waals surface area contributed by atoms with Crippen LogP contribution in [0.25, 0.3) is 0 Å². The molecule has 0 bridgehead atoms. The Kier molecular flexibility index (Phi) is 8.12. The van der Waals surface area contributed by atoms with E-state index < -0.39 is 10.0 Å². The second-order valence-corrected chi connectivity index (χ2v) is 7.68. The molecule has 0 amide bonds. The van der Waals surface area contributed by atoms with Crippen LogP contribution in [0.1, 0.15) is 34.6 Å². The zero-order valence-electron chi connectivity index (χ0n) is 13.4. The molecule has 0 aliphatic rings. The molecule has 0 saturated carbocycles. The van der Waals surface area contributed by atoms with E-state index in [0.717, 1.165) is 32.7 Å². The minimum Gasteiger partial charge on any atom is -0.303 e. The van der Waals surface area contributed by atoms with Crippen LogP contribution in [0.4, 0.5) is 0 Å². The van der Waals surface area contributed by atoms with Crippen LogP contribution in [0.3, 0.4) is 0 Å². The van der Waals surface area contributed by atoms with E-state index in [2.05, 4.69) is 49.1 Å². The lowest BCUT2D eigenvalue weighted by atomic mass is 10.1. The molecule has 0 aromatic heterocycles. The SMILES string of the molecule is CCN(CC)CCN(CCNS(C)(=O)=O)C(C)(C)C. The maximum absolute atomic E-state index is 11.1. The molecule has 0 unspecified atom stereocenters. The van der Waals surface area contributed by atoms with Gasteiger partial charge in [-0.2, -0.15) is 0 Å². The fourth-order valence-electron chi connectivity index (χ4n) is 1.95. The number of nitrogens with one attached hydrogen (secondary N) is 1. The van der Waals surface area contributed by atoms with Crippen LogP contribution in [0.15, 0.2) is 0 Å². The highest BCUT2D eigenvalue weighted by Crippen LogP contribution is 2.12. The average molecular weight is 293 g/mol. The lowest BCUT2D eigenvalue weighted by Gasteiger charge is -2.37. The quantitative estimate of drug-likeness (QED) is 0.688. The molecule has 0 heterocycles. The predicted octanol–water partition coefficient (Wildman–Crippen LogP) is 0.978. The van der Waals surface area contributed by atoms with Crippen molar-refractivity contribution in [2.45, 2.75) is 40.2 Å². The lowest BCUT2D eigenvalue weighted by Crippen LogP contribution is -2.48. The summed E-state index contributed by atoms with van der Waals surface area (Å²) in [7, 11) is -3.09. The minimum atomic E-state index is -3.09. The molecule has 0 fully saturated rings. The van der Waals surface area contributed by atoms with E-state index in [9.17, 15) is 8.42 Å². The normalized spacial score (nSPS) is 13.5. The van der Waals surface area contributed by atoms with Gasteiger partial charge < -0.3 is 4.90 Å². The van der Waals surface area contributed by atoms with Crippen LogP contribution in [0.5, 0.6) is 0 Å². The van der Waals surface area contributed by atoms with Crippen molar-refractivity contribution in [2.24, 2.45) is 0 Å². The van der Waals surface area contributed by atoms with Gasteiger partial charge in [0.25, 0.3) is 0 Å². The van der Waals surface area contributed by atoms with Crippen molar-refractivity contribution >= 4 is 10.0 Å². The molecular weight excluding hydrogens is 262 g/mol. The molecule has 0 atom stereocenters. The smallest absolute Gasteiger partial charge is 0.208 e. The van der Waals surface area contributed by atoms with Crippen LogP contribution >= 0.6 is 0 Å². The predicted molar refractivity (Wildman–Crippen MR) is 82.0 cm³/mol. The van der Waals surface area contributed by atoms with Gasteiger partial charge in [-0.05, 0) is 33.9 Å². The Balaban J connectivity index is 4.33. The Bertz CT molecular complexity index is 332. The molecule has 6 heteroatoms. The summed E-state index contributed by atoms with van der Waals surface area (Å²) in [5, 5.41) is 0. The summed E-state index contributed by atoms with van der Waals surface area (Å²) >= 11 is 0. The first-order valence-electron chi connectivity index (χ1n) is 7.02. The second kappa shape index (κ2) is 8.19. The second-order valence-electron chi connectivity index (χ2n) is 5.85. The monoisotopic (exact) mass is 293 g/mol. The van der Waals surface area contributed by atoms with Crippen LogP contribution < -0.4 is 4.72 Å². The van der Waals surface area contributed by atoms with E-state index in [-0.39, 0.29) is 5.54 Å². The van der Waals surface area contributed by atoms with E-state index >= 15 is 0 Å². The summed E-state index contributed by atoms with van der Waals surface area (Å²) in [4.78, 5) is 4.70. The molecule has 0 saturated heterocycles. The summed E-state index contributed by atoms with van der Waals surface area (Å²) in [6, 6.07) is 0. The minimum absolute atomic E-state index is 0.0480. The Morgan fingerprint density at radius 1 is 1.00 bits per heavy atom. The van der Waals surface area contributed by atoms with Gasteiger partial charge in [-0.15, -0.1) is 0 Å². The average Bonchev–Trinajstić information content (AvgIpc) is 2.24. The van der Waals surface area contributed by atoms with Gasteiger partial charge in [0.2, 0.25) is 10.0 Å². The van der Waals surface area contributed by atoms with E-state index in [0.29, 0.717) is 6.54 Å². The number of sulfonamides is 1. The van der Waals surface area contributed by atoms with Gasteiger partial charge >= 0.3 is 0 Å². The van der Waals surface area contributed by atoms with Crippen molar-refractivity contribution in [3.63, 3.8) is 0 Å². The largest absolute Gasteiger partial charge is 0.303 e. The van der Waals surface area contributed by atoms with Crippen molar-refractivity contribution in [3.05, 3.63) is 0 Å². The molecular formula is C13H31N3O2S. The summed E-state index contributed by atoms with van der Waals surface area (Å²) < 4.78 is 24.7. The van der Waals surface area contributed by atoms with E-state index in [1.54, 1.807) is 0 Å². The highest BCUT2D eigenvalue weighted by atomic mass is 32.2. The standard InChI is InChI=1S/C13H31N3O2S/c1-7-15(8-2)11-12-16(13(3,4)5)10-9-14-19(6,17)18/h14H,7-12H2,1-6H3. The molecule has 5 nitrogen and oxygen atoms in total. The number of rotatable bonds is 9. The first kappa shape index (κ1) is 18.8. The lowest BCUT2D eigenvalue weighted by molar-refractivity contribution is 0.120. The summed E-state index contributed by atoms with van der Waals surface area (Å²) in [5.74, 6) is 0. The first-order valence-corrected chi connectivity index (χ1v) is 8.91. The third kappa shape index (κ3) is 9.38. The number of hydrogen-bond donors (Lipinski definition) is 1. The molecule has 0 aliphatic heterocycles. The Morgan fingerprint density at radius 2 is 1.53 bits per heavy atom. The first-order chi connectivity index (χ1) is 8.60. The van der Waals surface area contributed by atoms with Gasteiger partial charge in [0.15, 0.2) is 0 Å². The Morgan fingerprint density at radius 3 is 1.89 bits per heavy atom. The zero-order chi connectivity index (χ0) is 15.1. The molecule has 0 spiro atoms. The van der Waals surface area contributed by atoms with E-state index in [1.807, 2.05) is 0 Å². The fourth-order valence-corrected chi connectivity index (χ4v) is 2.41. The van der Waals surface area contributed by atoms with Crippen LogP contribution in [0, 0.1) is 0 Å². The maximum atomic E-state index is 11.1. The summed E-state index contributed by atoms with van der Waals surface area (Å²) in [6.45, 7) is 16.1. The van der Waals surface area contributed by atoms with Crippen molar-refractivity contribution in [1.82, 2.24) is 14.5 Å². The third-order valence-corrected chi connectivity index (χ3v) is 4.00. The highest BCUT2D eigenvalue weighted by Gasteiger charge is 2.21. The van der Waals surface area contributed by atoms with Crippen molar-refractivity contribution < 1.29 is 8.42 Å². The van der Waals surface area contributed by atoms with E-state index in [4.69, 9.17) is 0 Å². The van der Waals surface area contributed by atoms with Crippen LogP contribution in [-0.4, -0.2) is 69.3 Å². The van der Waals surface area contributed by atoms with Gasteiger partial charge in [0, 0.05) is 31.7 Å². The number of nitrogens with zero attached hydrogens (tertiary/aromatic N) is 2. The van der Waals surface area contributed by atoms with Crippen LogP contribution in [0.2, 0.25) is 0 Å². The van der Waals surface area contributed by atoms with Gasteiger partial charge in [-0.1, -0.05) is 13.8 Å². The topological polar surface area (TPSA) is 52.6 Å². The molecule has 19 heavy (non-hydrogen) atoms. The van der Waals surface area contributed by atoms with Gasteiger partial charge in [-0.25, -0.2) is 13.1 Å². The molecule has 0 rings (SSSR count). The van der Waals surface area contributed by atoms with Gasteiger partial charge in [0.05, 0.1) is 6.26 Å². The highest BCUT2D eigenvalue weighted by molar-refractivity contribution is 7.88. The third-order valence-electron chi connectivity index (χ3n) is 3.28. The Labute approximate surface area is 119 Å². The molecule has 116 valence electrons. The number of likely N-dealkylation sites (N-methyl/N-ethyl adjacent to an activating group) is 1. The van der Waals surface area contributed by atoms with Crippen molar-refractivity contribution in [1.29, 1.82) is 0 Å². The number of hydrogen-bond acceptors (Lipinski definition) is 4. The zero-order valence-corrected chi connectivity index (χ0v) is 14.2. The molecule has 0 radical (unpaired) electrons. The maximum Gasteiger partial charge on any atom is 0.208 e. The molecule has 0 aromatic carbocycles. The summed E-state index contributed by atoms with van der Waals surface area (Å²) in [6.07, 6.45) is 1.20. The molecule has 1 N–H and O–H groups in total. The fraction of sp³-hybridized carbons (Fsp3) is 1.00. The van der Waals surface area contributed by atoms with Gasteiger partial charge in [-0.3, -0.25) is 4.90 Å². The van der Waals surface area contributed by atoms with Crippen molar-refractivity contribution in [3.8, 4) is 0 Å². The van der Waals surface area contributed by atoms with Crippen LogP contribution in [-0.2, 0) is 10.0 Å². The van der Waals surface area contributed by atoms with Crippen molar-refractivity contribution in [2.75, 3.05) is 45.5 Å². The summed E-state index contributed by atoms with van der Waals surface area (Å²) in [5.41, 5.74) is 0.0480. The van der Waals surface area contributed by atoms with E-state index in [1.165, 1.54) is 6.26 Å². The molecule has 0 aliphatic carbocycles. The molecule has 0 aromatic rings. The Hall–Kier alpha value is -0.170. The van der Waals surface area contributed by atoms with Gasteiger partial charge in [0.1, 0.15) is 0 Å².